The number of nitrogens with one attached hydrogen (secondary N) is 1. The van der Waals surface area contributed by atoms with Crippen molar-refractivity contribution in [3.8, 4) is 22.6 Å². The van der Waals surface area contributed by atoms with Crippen LogP contribution in [0.5, 0.6) is 11.5 Å². The zero-order valence-electron chi connectivity index (χ0n) is 17.2. The third kappa shape index (κ3) is 4.48. The number of benzene rings is 3. The molecule has 4 aromatic rings. The van der Waals surface area contributed by atoms with E-state index in [1.807, 2.05) is 54.6 Å². The maximum absolute atomic E-state index is 10.6. The number of carboxylic acids is 1. The summed E-state index contributed by atoms with van der Waals surface area (Å²) in [7, 11) is 0. The monoisotopic (exact) mass is 479 g/mol. The highest BCUT2D eigenvalue weighted by Gasteiger charge is 2.16. The molecule has 0 saturated heterocycles. The number of aliphatic carboxylic acids is 1. The molecule has 1 aliphatic heterocycles. The highest BCUT2D eigenvalue weighted by molar-refractivity contribution is 7.13. The van der Waals surface area contributed by atoms with E-state index in [4.69, 9.17) is 26.2 Å². The molecular weight excluding hydrogens is 462 g/mol. The molecule has 0 unspecified atom stereocenters. The van der Waals surface area contributed by atoms with Gasteiger partial charge in [0.25, 0.3) is 0 Å². The van der Waals surface area contributed by atoms with Gasteiger partial charge in [0.05, 0.1) is 15.4 Å². The average Bonchev–Trinajstić information content (AvgIpc) is 3.22. The molecule has 166 valence electrons. The summed E-state index contributed by atoms with van der Waals surface area (Å²) in [6.07, 6.45) is 1.55. The first-order chi connectivity index (χ1) is 16.1. The summed E-state index contributed by atoms with van der Waals surface area (Å²) in [5.41, 5.74) is 3.36. The number of carbonyl (C=O) groups is 1. The van der Waals surface area contributed by atoms with Crippen LogP contribution in [0.4, 0.5) is 11.5 Å². The summed E-state index contributed by atoms with van der Waals surface area (Å²) in [4.78, 5) is 14.5. The van der Waals surface area contributed by atoms with Crippen LogP contribution >= 0.6 is 23.1 Å². The highest BCUT2D eigenvalue weighted by atomic mass is 35.5. The van der Waals surface area contributed by atoms with Crippen molar-refractivity contribution in [2.75, 3.05) is 25.1 Å². The van der Waals surface area contributed by atoms with Gasteiger partial charge < -0.3 is 19.9 Å². The lowest BCUT2D eigenvalue weighted by Gasteiger charge is -2.19. The van der Waals surface area contributed by atoms with E-state index < -0.39 is 5.97 Å². The van der Waals surface area contributed by atoms with Gasteiger partial charge in [-0.1, -0.05) is 35.9 Å². The molecule has 0 aliphatic carbocycles. The maximum Gasteiger partial charge on any atom is 0.325 e. The topological polar surface area (TPSA) is 93.0 Å². The standard InChI is InChI=1S/C24H18ClN3O4S/c25-23-16(15-5-7-19-20(11-15)32-9-8-31-19)2-1-3-18(23)27-24-17-6-4-14(10-21(17)33-28-24)12-26-13-22(29)30/h1-7,10-12H,8-9,13H2,(H,27,28)(H,29,30). The van der Waals surface area contributed by atoms with E-state index in [-0.39, 0.29) is 6.54 Å². The third-order valence-electron chi connectivity index (χ3n) is 5.07. The Morgan fingerprint density at radius 1 is 1.15 bits per heavy atom. The van der Waals surface area contributed by atoms with Gasteiger partial charge >= 0.3 is 5.97 Å². The number of aliphatic imine (C=N–C) groups is 1. The van der Waals surface area contributed by atoms with Crippen molar-refractivity contribution in [1.82, 2.24) is 4.37 Å². The molecule has 2 heterocycles. The largest absolute Gasteiger partial charge is 0.486 e. The second-order valence-electron chi connectivity index (χ2n) is 7.30. The Hall–Kier alpha value is -3.62. The normalized spacial score (nSPS) is 12.9. The number of anilines is 2. The van der Waals surface area contributed by atoms with Crippen molar-refractivity contribution in [3.63, 3.8) is 0 Å². The van der Waals surface area contributed by atoms with Gasteiger partial charge in [-0.25, -0.2) is 0 Å². The molecule has 7 nitrogen and oxygen atoms in total. The third-order valence-corrected chi connectivity index (χ3v) is 6.28. The number of halogens is 1. The molecule has 0 amide bonds. The molecule has 1 aromatic heterocycles. The van der Waals surface area contributed by atoms with Gasteiger partial charge in [-0.15, -0.1) is 0 Å². The first-order valence-corrected chi connectivity index (χ1v) is 11.3. The smallest absolute Gasteiger partial charge is 0.325 e. The number of carboxylic acid groups (broad SMARTS) is 1. The van der Waals surface area contributed by atoms with Crippen molar-refractivity contribution in [2.24, 2.45) is 4.99 Å². The van der Waals surface area contributed by atoms with Gasteiger partial charge in [-0.3, -0.25) is 9.79 Å². The number of fused-ring (bicyclic) bond motifs is 2. The molecular formula is C24H18ClN3O4S. The number of rotatable bonds is 6. The SMILES string of the molecule is O=C(O)CN=Cc1ccc2c(Nc3cccc(-c4ccc5c(c4)OCCO5)c3Cl)nsc2c1. The molecule has 5 rings (SSSR count). The van der Waals surface area contributed by atoms with Crippen LogP contribution in [0, 0.1) is 0 Å². The number of hydrogen-bond donors (Lipinski definition) is 2. The summed E-state index contributed by atoms with van der Waals surface area (Å²) in [5.74, 6) is 1.18. The minimum atomic E-state index is -0.966. The van der Waals surface area contributed by atoms with Gasteiger partial charge in [0.1, 0.15) is 19.8 Å². The Morgan fingerprint density at radius 3 is 2.85 bits per heavy atom. The van der Waals surface area contributed by atoms with Crippen LogP contribution in [0.2, 0.25) is 5.02 Å². The Bertz CT molecular complexity index is 1390. The number of ether oxygens (including phenoxy) is 2. The first kappa shape index (κ1) is 21.2. The lowest BCUT2D eigenvalue weighted by molar-refractivity contribution is -0.135. The Labute approximate surface area is 198 Å². The van der Waals surface area contributed by atoms with Crippen LogP contribution in [0.25, 0.3) is 21.2 Å². The summed E-state index contributed by atoms with van der Waals surface area (Å²) in [6.45, 7) is 0.812. The van der Waals surface area contributed by atoms with Gasteiger partial charge in [-0.05, 0) is 53.0 Å². The molecule has 9 heteroatoms. The van der Waals surface area contributed by atoms with Crippen LogP contribution in [-0.4, -0.2) is 41.4 Å². The molecule has 0 bridgehead atoms. The molecule has 3 aromatic carbocycles. The molecule has 0 atom stereocenters. The minimum absolute atomic E-state index is 0.258. The number of hydrogen-bond acceptors (Lipinski definition) is 7. The van der Waals surface area contributed by atoms with Crippen molar-refractivity contribution in [1.29, 1.82) is 0 Å². The van der Waals surface area contributed by atoms with Crippen LogP contribution in [-0.2, 0) is 4.79 Å². The van der Waals surface area contributed by atoms with Crippen molar-refractivity contribution in [2.45, 2.75) is 0 Å². The first-order valence-electron chi connectivity index (χ1n) is 10.1. The van der Waals surface area contributed by atoms with E-state index in [0.717, 1.165) is 38.2 Å². The van der Waals surface area contributed by atoms with Crippen LogP contribution in [0.3, 0.4) is 0 Å². The summed E-state index contributed by atoms with van der Waals surface area (Å²) in [5, 5.41) is 13.6. The van der Waals surface area contributed by atoms with Gasteiger partial charge in [-0.2, -0.15) is 4.37 Å². The average molecular weight is 480 g/mol. The predicted octanol–water partition coefficient (Wildman–Crippen LogP) is 5.64. The Balaban J connectivity index is 1.42. The van der Waals surface area contributed by atoms with E-state index in [0.29, 0.717) is 29.8 Å². The fraction of sp³-hybridized carbons (Fsp3) is 0.125. The zero-order chi connectivity index (χ0) is 22.8. The number of aromatic nitrogens is 1. The number of nitrogens with zero attached hydrogens (tertiary/aromatic N) is 2. The quantitative estimate of drug-likeness (QED) is 0.348. The predicted molar refractivity (Wildman–Crippen MR) is 131 cm³/mol. The molecule has 33 heavy (non-hydrogen) atoms. The fourth-order valence-electron chi connectivity index (χ4n) is 3.54. The Morgan fingerprint density at radius 2 is 2.00 bits per heavy atom. The highest BCUT2D eigenvalue weighted by Crippen LogP contribution is 2.40. The minimum Gasteiger partial charge on any atom is -0.486 e. The maximum atomic E-state index is 10.6. The van der Waals surface area contributed by atoms with Gasteiger partial charge in [0.2, 0.25) is 0 Å². The van der Waals surface area contributed by atoms with E-state index >= 15 is 0 Å². The lowest BCUT2D eigenvalue weighted by Crippen LogP contribution is -2.15. The fourth-order valence-corrected chi connectivity index (χ4v) is 4.61. The molecule has 0 saturated carbocycles. The molecule has 1 aliphatic rings. The Kier molecular flexibility index (Phi) is 5.85. The summed E-state index contributed by atoms with van der Waals surface area (Å²) >= 11 is 8.12. The van der Waals surface area contributed by atoms with Crippen LogP contribution in [0.1, 0.15) is 5.56 Å². The van der Waals surface area contributed by atoms with E-state index in [9.17, 15) is 4.79 Å². The van der Waals surface area contributed by atoms with Gasteiger partial charge in [0.15, 0.2) is 17.3 Å². The van der Waals surface area contributed by atoms with E-state index in [2.05, 4.69) is 14.7 Å². The van der Waals surface area contributed by atoms with Crippen LogP contribution < -0.4 is 14.8 Å². The van der Waals surface area contributed by atoms with Crippen molar-refractivity contribution < 1.29 is 19.4 Å². The summed E-state index contributed by atoms with van der Waals surface area (Å²) < 4.78 is 16.8. The summed E-state index contributed by atoms with van der Waals surface area (Å²) in [6, 6.07) is 17.3. The lowest BCUT2D eigenvalue weighted by atomic mass is 10.0. The second kappa shape index (κ2) is 9.09. The van der Waals surface area contributed by atoms with Crippen LogP contribution in [0.15, 0.2) is 59.6 Å². The van der Waals surface area contributed by atoms with Crippen molar-refractivity contribution >= 4 is 56.9 Å². The zero-order valence-corrected chi connectivity index (χ0v) is 18.8. The molecule has 0 fully saturated rings. The molecule has 0 radical (unpaired) electrons. The molecule has 0 spiro atoms. The van der Waals surface area contributed by atoms with E-state index in [1.165, 1.54) is 11.5 Å². The second-order valence-corrected chi connectivity index (χ2v) is 8.48. The van der Waals surface area contributed by atoms with Gasteiger partial charge in [0, 0.05) is 17.2 Å². The van der Waals surface area contributed by atoms with E-state index in [1.54, 1.807) is 6.21 Å². The molecule has 2 N–H and O–H groups in total. The van der Waals surface area contributed by atoms with Crippen molar-refractivity contribution in [3.05, 3.63) is 65.2 Å².